The van der Waals surface area contributed by atoms with Gasteiger partial charge >= 0.3 is 0 Å². The van der Waals surface area contributed by atoms with Crippen LogP contribution in [0.4, 0.5) is 17.3 Å². The Morgan fingerprint density at radius 1 is 0.912 bits per heavy atom. The van der Waals surface area contributed by atoms with E-state index >= 15 is 0 Å². The highest BCUT2D eigenvalue weighted by Gasteiger charge is 2.31. The molecule has 34 heavy (non-hydrogen) atoms. The van der Waals surface area contributed by atoms with Crippen molar-refractivity contribution in [1.82, 2.24) is 19.5 Å². The van der Waals surface area contributed by atoms with Crippen molar-refractivity contribution in [1.29, 1.82) is 0 Å². The first-order valence-corrected chi connectivity index (χ1v) is 12.6. The fourth-order valence-corrected chi connectivity index (χ4v) is 5.20. The molecule has 0 spiro atoms. The third kappa shape index (κ3) is 5.37. The van der Waals surface area contributed by atoms with Gasteiger partial charge in [-0.1, -0.05) is 0 Å². The van der Waals surface area contributed by atoms with Gasteiger partial charge in [-0.15, -0.1) is 10.2 Å². The van der Waals surface area contributed by atoms with Crippen molar-refractivity contribution >= 4 is 27.3 Å². The molecule has 1 aliphatic rings. The first-order chi connectivity index (χ1) is 16.5. The summed E-state index contributed by atoms with van der Waals surface area (Å²) in [4.78, 5) is 6.16. The van der Waals surface area contributed by atoms with Crippen LogP contribution in [-0.4, -0.2) is 67.3 Å². The second-order valence-electron chi connectivity index (χ2n) is 7.50. The Kier molecular flexibility index (Phi) is 7.43. The number of nitrogens with zero attached hydrogens (tertiary/aromatic N) is 5. The van der Waals surface area contributed by atoms with Crippen molar-refractivity contribution in [3.8, 4) is 11.5 Å². The number of ether oxygens (including phenoxy) is 2. The van der Waals surface area contributed by atoms with Crippen LogP contribution in [0.5, 0.6) is 11.5 Å². The van der Waals surface area contributed by atoms with Crippen LogP contribution in [0.3, 0.4) is 0 Å². The molecular formula is C23H28N6O4S. The molecule has 4 rings (SSSR count). The number of aromatic nitrogens is 3. The van der Waals surface area contributed by atoms with Gasteiger partial charge < -0.3 is 19.7 Å². The van der Waals surface area contributed by atoms with Crippen molar-refractivity contribution in [2.75, 3.05) is 49.6 Å². The van der Waals surface area contributed by atoms with Crippen molar-refractivity contribution in [2.24, 2.45) is 0 Å². The lowest BCUT2D eigenvalue weighted by molar-refractivity contribution is 0.314. The summed E-state index contributed by atoms with van der Waals surface area (Å²) in [5.74, 6) is 2.21. The minimum atomic E-state index is -3.72. The summed E-state index contributed by atoms with van der Waals surface area (Å²) in [5.41, 5.74) is 0.872. The van der Waals surface area contributed by atoms with Gasteiger partial charge in [0.1, 0.15) is 16.4 Å². The molecule has 1 N–H and O–H groups in total. The Bertz CT molecular complexity index is 1180. The van der Waals surface area contributed by atoms with Gasteiger partial charge in [-0.25, -0.2) is 8.42 Å². The minimum absolute atomic E-state index is 0.151. The van der Waals surface area contributed by atoms with Gasteiger partial charge in [0, 0.05) is 50.3 Å². The first kappa shape index (κ1) is 23.7. The highest BCUT2D eigenvalue weighted by atomic mass is 32.2. The summed E-state index contributed by atoms with van der Waals surface area (Å²) >= 11 is 0. The number of anilines is 3. The fourth-order valence-electron chi connectivity index (χ4n) is 3.67. The van der Waals surface area contributed by atoms with E-state index in [1.807, 2.05) is 43.0 Å². The minimum Gasteiger partial charge on any atom is -0.494 e. The Morgan fingerprint density at radius 2 is 1.65 bits per heavy atom. The second-order valence-corrected chi connectivity index (χ2v) is 9.41. The average molecular weight is 485 g/mol. The maximum atomic E-state index is 13.4. The zero-order valence-corrected chi connectivity index (χ0v) is 20.0. The van der Waals surface area contributed by atoms with E-state index in [1.165, 1.54) is 4.31 Å². The van der Waals surface area contributed by atoms with Crippen LogP contribution in [-0.2, 0) is 10.0 Å². The lowest BCUT2D eigenvalue weighted by atomic mass is 10.3. The molecule has 0 unspecified atom stereocenters. The molecule has 0 amide bonds. The molecule has 3 heterocycles. The normalized spacial score (nSPS) is 14.6. The third-order valence-electron chi connectivity index (χ3n) is 5.31. The third-order valence-corrected chi connectivity index (χ3v) is 7.25. The maximum absolute atomic E-state index is 13.4. The molecule has 0 atom stereocenters. The predicted octanol–water partition coefficient (Wildman–Crippen LogP) is 2.92. The average Bonchev–Trinajstić information content (AvgIpc) is 2.86. The van der Waals surface area contributed by atoms with Crippen LogP contribution in [0.2, 0.25) is 0 Å². The van der Waals surface area contributed by atoms with Crippen LogP contribution < -0.4 is 19.7 Å². The van der Waals surface area contributed by atoms with Gasteiger partial charge in [-0.3, -0.25) is 4.98 Å². The monoisotopic (exact) mass is 484 g/mol. The lowest BCUT2D eigenvalue weighted by Gasteiger charge is -2.34. The number of rotatable bonds is 9. The summed E-state index contributed by atoms with van der Waals surface area (Å²) in [6.07, 6.45) is 3.39. The van der Waals surface area contributed by atoms with Crippen LogP contribution in [0, 0.1) is 0 Å². The van der Waals surface area contributed by atoms with E-state index < -0.39 is 10.0 Å². The fraction of sp³-hybridized carbons (Fsp3) is 0.348. The molecule has 180 valence electrons. The van der Waals surface area contributed by atoms with Gasteiger partial charge in [0.05, 0.1) is 13.2 Å². The molecule has 0 aliphatic carbocycles. The second kappa shape index (κ2) is 10.7. The van der Waals surface area contributed by atoms with Crippen molar-refractivity contribution < 1.29 is 17.9 Å². The van der Waals surface area contributed by atoms with Gasteiger partial charge in [0.2, 0.25) is 10.0 Å². The van der Waals surface area contributed by atoms with Crippen LogP contribution >= 0.6 is 0 Å². The van der Waals surface area contributed by atoms with Crippen molar-refractivity contribution in [3.05, 3.63) is 54.9 Å². The number of pyridine rings is 1. The summed E-state index contributed by atoms with van der Waals surface area (Å²) < 4.78 is 39.3. The number of sulfonamides is 1. The molecule has 10 nitrogen and oxygen atoms in total. The molecule has 1 fully saturated rings. The topological polar surface area (TPSA) is 110 Å². The quantitative estimate of drug-likeness (QED) is 0.490. The highest BCUT2D eigenvalue weighted by Crippen LogP contribution is 2.32. The van der Waals surface area contributed by atoms with Gasteiger partial charge in [0.25, 0.3) is 0 Å². The summed E-state index contributed by atoms with van der Waals surface area (Å²) in [7, 11) is -3.72. The van der Waals surface area contributed by atoms with E-state index in [1.54, 1.807) is 30.6 Å². The number of piperazine rings is 1. The molecule has 1 aromatic carbocycles. The van der Waals surface area contributed by atoms with Crippen molar-refractivity contribution in [3.63, 3.8) is 0 Å². The van der Waals surface area contributed by atoms with E-state index in [4.69, 9.17) is 9.47 Å². The molecule has 11 heteroatoms. The van der Waals surface area contributed by atoms with E-state index in [-0.39, 0.29) is 4.90 Å². The zero-order valence-electron chi connectivity index (χ0n) is 19.2. The molecule has 1 saturated heterocycles. The summed E-state index contributed by atoms with van der Waals surface area (Å²) in [6.45, 7) is 6.22. The zero-order chi connectivity index (χ0) is 24.0. The van der Waals surface area contributed by atoms with E-state index in [0.717, 1.165) is 5.69 Å². The van der Waals surface area contributed by atoms with E-state index in [2.05, 4.69) is 20.5 Å². The standard InChI is InChI=1S/C23H28N6O4S/c1-3-32-19-5-6-21(20(17-19)33-4-2)34(30,31)29-15-13-28(14-16-29)23-8-7-22(26-27-23)25-18-9-11-24-12-10-18/h5-12,17H,3-4,13-16H2,1-2H3,(H,24,25,26). The molecule has 0 saturated carbocycles. The molecule has 0 bridgehead atoms. The molecule has 0 radical (unpaired) electrons. The van der Waals surface area contributed by atoms with E-state index in [0.29, 0.717) is 62.5 Å². The Hall–Kier alpha value is -3.44. The Labute approximate surface area is 199 Å². The van der Waals surface area contributed by atoms with E-state index in [9.17, 15) is 8.42 Å². The summed E-state index contributed by atoms with van der Waals surface area (Å²) in [5, 5.41) is 11.7. The number of hydrogen-bond acceptors (Lipinski definition) is 9. The first-order valence-electron chi connectivity index (χ1n) is 11.2. The molecule has 2 aromatic heterocycles. The Balaban J connectivity index is 1.42. The largest absolute Gasteiger partial charge is 0.494 e. The van der Waals surface area contributed by atoms with Gasteiger partial charge in [-0.05, 0) is 50.2 Å². The number of hydrogen-bond donors (Lipinski definition) is 1. The molecule has 1 aliphatic heterocycles. The van der Waals surface area contributed by atoms with Crippen LogP contribution in [0.25, 0.3) is 0 Å². The van der Waals surface area contributed by atoms with Gasteiger partial charge in [-0.2, -0.15) is 4.31 Å². The Morgan fingerprint density at radius 3 is 2.29 bits per heavy atom. The van der Waals surface area contributed by atoms with Crippen molar-refractivity contribution in [2.45, 2.75) is 18.7 Å². The van der Waals surface area contributed by atoms with Gasteiger partial charge in [0.15, 0.2) is 11.6 Å². The number of benzene rings is 1. The van der Waals surface area contributed by atoms with Crippen LogP contribution in [0.15, 0.2) is 59.8 Å². The smallest absolute Gasteiger partial charge is 0.246 e. The number of nitrogens with one attached hydrogen (secondary N) is 1. The lowest BCUT2D eigenvalue weighted by Crippen LogP contribution is -2.49. The van der Waals surface area contributed by atoms with Crippen LogP contribution in [0.1, 0.15) is 13.8 Å². The SMILES string of the molecule is CCOc1ccc(S(=O)(=O)N2CCN(c3ccc(Nc4ccncc4)nn3)CC2)c(OCC)c1. The molecular weight excluding hydrogens is 456 g/mol. The highest BCUT2D eigenvalue weighted by molar-refractivity contribution is 7.89. The summed E-state index contributed by atoms with van der Waals surface area (Å²) in [6, 6.07) is 12.3. The predicted molar refractivity (Wildman–Crippen MR) is 129 cm³/mol. The molecule has 3 aromatic rings. The maximum Gasteiger partial charge on any atom is 0.246 e.